The van der Waals surface area contributed by atoms with E-state index in [9.17, 15) is 8.42 Å². The molecule has 0 atom stereocenters. The smallest absolute Gasteiger partial charge is 0.243 e. The highest BCUT2D eigenvalue weighted by molar-refractivity contribution is 14.1. The molecular formula is C14H23IN2O2S. The van der Waals surface area contributed by atoms with Gasteiger partial charge in [0.25, 0.3) is 0 Å². The van der Waals surface area contributed by atoms with Gasteiger partial charge in [-0.3, -0.25) is 0 Å². The highest BCUT2D eigenvalue weighted by Gasteiger charge is 2.29. The lowest BCUT2D eigenvalue weighted by Gasteiger charge is -2.31. The van der Waals surface area contributed by atoms with Gasteiger partial charge in [-0.25, -0.2) is 8.42 Å². The van der Waals surface area contributed by atoms with E-state index in [0.717, 1.165) is 9.99 Å². The topological polar surface area (TPSA) is 63.4 Å². The Morgan fingerprint density at radius 3 is 2.25 bits per heavy atom. The monoisotopic (exact) mass is 410 g/mol. The van der Waals surface area contributed by atoms with Crippen molar-refractivity contribution in [1.82, 2.24) is 4.31 Å². The second-order valence-electron chi connectivity index (χ2n) is 5.66. The quantitative estimate of drug-likeness (QED) is 0.704. The van der Waals surface area contributed by atoms with Crippen LogP contribution in [-0.2, 0) is 10.0 Å². The summed E-state index contributed by atoms with van der Waals surface area (Å²) in [6.07, 6.45) is 0.782. The van der Waals surface area contributed by atoms with Crippen LogP contribution in [-0.4, -0.2) is 32.4 Å². The molecule has 0 radical (unpaired) electrons. The Hall–Kier alpha value is -0.180. The van der Waals surface area contributed by atoms with E-state index in [1.54, 1.807) is 16.4 Å². The molecule has 1 rings (SSSR count). The third-order valence-electron chi connectivity index (χ3n) is 3.08. The predicted octanol–water partition coefficient (Wildman–Crippen LogP) is 2.68. The molecule has 1 aromatic carbocycles. The number of halogens is 1. The van der Waals surface area contributed by atoms with Gasteiger partial charge in [0.05, 0.1) is 4.90 Å². The molecule has 0 spiro atoms. The first-order valence-corrected chi connectivity index (χ1v) is 9.20. The second kappa shape index (κ2) is 7.20. The highest BCUT2D eigenvalue weighted by Crippen LogP contribution is 2.23. The lowest BCUT2D eigenvalue weighted by atomic mass is 9.94. The zero-order valence-corrected chi connectivity index (χ0v) is 15.2. The van der Waals surface area contributed by atoms with Gasteiger partial charge in [0.1, 0.15) is 0 Å². The number of hydrogen-bond donors (Lipinski definition) is 1. The molecule has 0 saturated carbocycles. The van der Waals surface area contributed by atoms with Crippen LogP contribution in [0.4, 0.5) is 0 Å². The van der Waals surface area contributed by atoms with Crippen molar-refractivity contribution in [3.8, 4) is 0 Å². The van der Waals surface area contributed by atoms with Crippen molar-refractivity contribution in [2.45, 2.75) is 32.1 Å². The fourth-order valence-electron chi connectivity index (χ4n) is 1.83. The lowest BCUT2D eigenvalue weighted by molar-refractivity contribution is 0.266. The summed E-state index contributed by atoms with van der Waals surface area (Å²) in [4.78, 5) is 0.346. The zero-order chi connectivity index (χ0) is 15.4. The van der Waals surface area contributed by atoms with E-state index < -0.39 is 10.0 Å². The van der Waals surface area contributed by atoms with Crippen LogP contribution < -0.4 is 5.73 Å². The minimum Gasteiger partial charge on any atom is -0.330 e. The number of benzene rings is 1. The Kier molecular flexibility index (Phi) is 6.43. The molecule has 0 aliphatic rings. The molecule has 4 nitrogen and oxygen atoms in total. The van der Waals surface area contributed by atoms with Gasteiger partial charge in [0, 0.05) is 16.7 Å². The van der Waals surface area contributed by atoms with Crippen molar-refractivity contribution in [3.63, 3.8) is 0 Å². The van der Waals surface area contributed by atoms with Crippen molar-refractivity contribution in [1.29, 1.82) is 0 Å². The number of nitrogens with zero attached hydrogens (tertiary/aromatic N) is 1. The van der Waals surface area contributed by atoms with Crippen molar-refractivity contribution in [2.75, 3.05) is 19.6 Å². The molecule has 0 bridgehead atoms. The van der Waals surface area contributed by atoms with Crippen LogP contribution >= 0.6 is 22.6 Å². The first-order valence-electron chi connectivity index (χ1n) is 6.69. The van der Waals surface area contributed by atoms with Gasteiger partial charge < -0.3 is 5.73 Å². The zero-order valence-electron chi connectivity index (χ0n) is 12.3. The van der Waals surface area contributed by atoms with Crippen LogP contribution in [0.1, 0.15) is 27.2 Å². The van der Waals surface area contributed by atoms with E-state index in [1.807, 2.05) is 32.9 Å². The Balaban J connectivity index is 3.09. The van der Waals surface area contributed by atoms with E-state index in [2.05, 4.69) is 22.6 Å². The predicted molar refractivity (Wildman–Crippen MR) is 91.0 cm³/mol. The van der Waals surface area contributed by atoms with Gasteiger partial charge >= 0.3 is 0 Å². The number of nitrogens with two attached hydrogens (primary N) is 1. The molecule has 0 amide bonds. The van der Waals surface area contributed by atoms with Gasteiger partial charge in [-0.15, -0.1) is 0 Å². The largest absolute Gasteiger partial charge is 0.330 e. The molecular weight excluding hydrogens is 387 g/mol. The third-order valence-corrected chi connectivity index (χ3v) is 5.66. The van der Waals surface area contributed by atoms with E-state index in [-0.39, 0.29) is 5.41 Å². The van der Waals surface area contributed by atoms with Crippen molar-refractivity contribution < 1.29 is 8.42 Å². The summed E-state index contributed by atoms with van der Waals surface area (Å²) in [5.74, 6) is 0. The van der Waals surface area contributed by atoms with Gasteiger partial charge in [0.2, 0.25) is 10.0 Å². The van der Waals surface area contributed by atoms with Gasteiger partial charge in [-0.1, -0.05) is 20.8 Å². The van der Waals surface area contributed by atoms with Crippen molar-refractivity contribution >= 4 is 32.6 Å². The Bertz CT molecular complexity index is 527. The number of rotatable bonds is 7. The Morgan fingerprint density at radius 2 is 1.80 bits per heavy atom. The molecule has 2 N–H and O–H groups in total. The normalized spacial score (nSPS) is 12.9. The van der Waals surface area contributed by atoms with Crippen molar-refractivity contribution in [3.05, 3.63) is 27.8 Å². The summed E-state index contributed by atoms with van der Waals surface area (Å²) in [5.41, 5.74) is 5.50. The maximum atomic E-state index is 12.7. The average Bonchev–Trinajstić information content (AvgIpc) is 2.38. The average molecular weight is 410 g/mol. The molecule has 0 heterocycles. The maximum absolute atomic E-state index is 12.7. The van der Waals surface area contributed by atoms with Crippen molar-refractivity contribution in [2.24, 2.45) is 11.1 Å². The minimum atomic E-state index is -3.45. The van der Waals surface area contributed by atoms with Crippen LogP contribution in [0.3, 0.4) is 0 Å². The van der Waals surface area contributed by atoms with Crippen LogP contribution in [0.15, 0.2) is 29.2 Å². The Labute approximate surface area is 135 Å². The van der Waals surface area contributed by atoms with E-state index in [1.165, 1.54) is 0 Å². The second-order valence-corrected chi connectivity index (χ2v) is 8.84. The Morgan fingerprint density at radius 1 is 1.25 bits per heavy atom. The molecule has 6 heteroatoms. The van der Waals surface area contributed by atoms with E-state index in [0.29, 0.717) is 24.5 Å². The molecule has 0 saturated heterocycles. The molecule has 0 fully saturated rings. The first-order chi connectivity index (χ1) is 9.23. The fourth-order valence-corrected chi connectivity index (χ4v) is 3.91. The molecule has 20 heavy (non-hydrogen) atoms. The number of hydrogen-bond acceptors (Lipinski definition) is 3. The summed E-state index contributed by atoms with van der Waals surface area (Å²) in [5, 5.41) is 0. The van der Waals surface area contributed by atoms with Crippen LogP contribution in [0, 0.1) is 8.99 Å². The standard InChI is InChI=1S/C14H23IN2O2S/c1-4-9-17(11-14(2,3)10-16)20(18,19)13-7-5-12(15)6-8-13/h5-8H,4,9-11,16H2,1-3H3. The molecule has 0 aliphatic heterocycles. The lowest BCUT2D eigenvalue weighted by Crippen LogP contribution is -2.42. The molecule has 0 unspecified atom stereocenters. The molecule has 0 aliphatic carbocycles. The first kappa shape index (κ1) is 17.9. The highest BCUT2D eigenvalue weighted by atomic mass is 127. The van der Waals surface area contributed by atoms with Gasteiger partial charge in [0.15, 0.2) is 0 Å². The van der Waals surface area contributed by atoms with Crippen LogP contribution in [0.25, 0.3) is 0 Å². The summed E-state index contributed by atoms with van der Waals surface area (Å²) < 4.78 is 28.0. The third kappa shape index (κ3) is 4.68. The van der Waals surface area contributed by atoms with Gasteiger partial charge in [-0.05, 0) is 65.2 Å². The number of sulfonamides is 1. The van der Waals surface area contributed by atoms with Gasteiger partial charge in [-0.2, -0.15) is 4.31 Å². The summed E-state index contributed by atoms with van der Waals surface area (Å²) in [6, 6.07) is 6.95. The molecule has 114 valence electrons. The molecule has 1 aromatic rings. The SMILES string of the molecule is CCCN(CC(C)(C)CN)S(=O)(=O)c1ccc(I)cc1. The summed E-state index contributed by atoms with van der Waals surface area (Å²) in [7, 11) is -3.45. The molecule has 0 aromatic heterocycles. The summed E-state index contributed by atoms with van der Waals surface area (Å²) >= 11 is 2.16. The fraction of sp³-hybridized carbons (Fsp3) is 0.571. The van der Waals surface area contributed by atoms with Crippen LogP contribution in [0.5, 0.6) is 0 Å². The van der Waals surface area contributed by atoms with E-state index >= 15 is 0 Å². The van der Waals surface area contributed by atoms with Crippen LogP contribution in [0.2, 0.25) is 0 Å². The minimum absolute atomic E-state index is 0.231. The van der Waals surface area contributed by atoms with E-state index in [4.69, 9.17) is 5.73 Å². The summed E-state index contributed by atoms with van der Waals surface area (Å²) in [6.45, 7) is 7.35. The maximum Gasteiger partial charge on any atom is 0.243 e.